The van der Waals surface area contributed by atoms with E-state index in [1.165, 1.54) is 5.56 Å². The van der Waals surface area contributed by atoms with Crippen molar-refractivity contribution in [3.8, 4) is 0 Å². The van der Waals surface area contributed by atoms with Crippen molar-refractivity contribution in [2.45, 2.75) is 44.8 Å². The van der Waals surface area contributed by atoms with Gasteiger partial charge in [0.15, 0.2) is 0 Å². The van der Waals surface area contributed by atoms with Gasteiger partial charge in [-0.3, -0.25) is 0 Å². The lowest BCUT2D eigenvalue weighted by Crippen LogP contribution is -2.35. The highest BCUT2D eigenvalue weighted by Gasteiger charge is 2.27. The molecule has 0 aromatic heterocycles. The average molecular weight is 303 g/mol. The van der Waals surface area contributed by atoms with E-state index < -0.39 is 12.8 Å². The van der Waals surface area contributed by atoms with E-state index in [2.05, 4.69) is 17.4 Å². The van der Waals surface area contributed by atoms with Crippen LogP contribution >= 0.6 is 0 Å². The van der Waals surface area contributed by atoms with Crippen LogP contribution in [-0.4, -0.2) is 32.0 Å². The highest BCUT2D eigenvalue weighted by Crippen LogP contribution is 2.15. The molecule has 0 heterocycles. The molecule has 1 unspecified atom stereocenters. The fraction of sp³-hybridized carbons (Fsp3) is 0.625. The van der Waals surface area contributed by atoms with Crippen LogP contribution in [0.3, 0.4) is 0 Å². The molecule has 1 aromatic carbocycles. The summed E-state index contributed by atoms with van der Waals surface area (Å²) in [5.74, 6) is 0. The molecule has 0 radical (unpaired) electrons. The Balaban J connectivity index is 2.28. The van der Waals surface area contributed by atoms with Crippen molar-refractivity contribution >= 4 is 0 Å². The van der Waals surface area contributed by atoms with Gasteiger partial charge in [-0.25, -0.2) is 0 Å². The summed E-state index contributed by atoms with van der Waals surface area (Å²) in [7, 11) is 0. The van der Waals surface area contributed by atoms with Crippen LogP contribution in [0.4, 0.5) is 13.2 Å². The average Bonchev–Trinajstić information content (AvgIpc) is 2.44. The highest BCUT2D eigenvalue weighted by molar-refractivity contribution is 5.14. The van der Waals surface area contributed by atoms with Crippen molar-refractivity contribution in [2.75, 3.05) is 19.8 Å². The molecule has 0 amide bonds. The molecule has 0 saturated carbocycles. The maximum Gasteiger partial charge on any atom is 0.411 e. The van der Waals surface area contributed by atoms with Gasteiger partial charge < -0.3 is 10.1 Å². The normalized spacial score (nSPS) is 13.3. The first-order chi connectivity index (χ1) is 10.0. The lowest BCUT2D eigenvalue weighted by molar-refractivity contribution is -0.175. The summed E-state index contributed by atoms with van der Waals surface area (Å²) in [6.45, 7) is 1.76. The van der Waals surface area contributed by atoms with Crippen LogP contribution in [0.25, 0.3) is 0 Å². The first-order valence-electron chi connectivity index (χ1n) is 7.43. The van der Waals surface area contributed by atoms with E-state index in [9.17, 15) is 13.2 Å². The minimum atomic E-state index is -4.25. The summed E-state index contributed by atoms with van der Waals surface area (Å²) in [5, 5.41) is 3.25. The highest BCUT2D eigenvalue weighted by atomic mass is 19.4. The second-order valence-corrected chi connectivity index (χ2v) is 5.16. The van der Waals surface area contributed by atoms with Crippen LogP contribution in [0.15, 0.2) is 30.3 Å². The standard InChI is InChI=1S/C16H24F3NO/c1-2-11-20-15(12-21-13-16(17,18)19)10-6-9-14-7-4-3-5-8-14/h3-5,7-8,15,20H,2,6,9-13H2,1H3. The van der Waals surface area contributed by atoms with Gasteiger partial charge in [0.05, 0.1) is 6.61 Å². The Morgan fingerprint density at radius 1 is 1.19 bits per heavy atom. The predicted octanol–water partition coefficient (Wildman–Crippen LogP) is 3.96. The molecule has 0 aliphatic rings. The molecule has 0 bridgehead atoms. The molecule has 0 saturated heterocycles. The monoisotopic (exact) mass is 303 g/mol. The van der Waals surface area contributed by atoms with Crippen molar-refractivity contribution in [1.82, 2.24) is 5.32 Å². The summed E-state index contributed by atoms with van der Waals surface area (Å²) in [6.07, 6.45) is -0.619. The Bertz CT molecular complexity index is 368. The summed E-state index contributed by atoms with van der Waals surface area (Å²) in [5.41, 5.74) is 1.25. The first kappa shape index (κ1) is 18.0. The van der Waals surface area contributed by atoms with Crippen molar-refractivity contribution in [2.24, 2.45) is 0 Å². The van der Waals surface area contributed by atoms with E-state index in [4.69, 9.17) is 4.74 Å². The number of benzene rings is 1. The lowest BCUT2D eigenvalue weighted by Gasteiger charge is -2.19. The van der Waals surface area contributed by atoms with Crippen LogP contribution < -0.4 is 5.32 Å². The van der Waals surface area contributed by atoms with Gasteiger partial charge in [-0.15, -0.1) is 0 Å². The molecule has 1 N–H and O–H groups in total. The summed E-state index contributed by atoms with van der Waals surface area (Å²) < 4.78 is 41.0. The molecule has 0 fully saturated rings. The van der Waals surface area contributed by atoms with Gasteiger partial charge in [-0.1, -0.05) is 37.3 Å². The van der Waals surface area contributed by atoms with Crippen molar-refractivity contribution in [3.05, 3.63) is 35.9 Å². The Hall–Kier alpha value is -1.07. The minimum Gasteiger partial charge on any atom is -0.370 e. The van der Waals surface area contributed by atoms with Crippen molar-refractivity contribution < 1.29 is 17.9 Å². The summed E-state index contributed by atoms with van der Waals surface area (Å²) in [4.78, 5) is 0. The Labute approximate surface area is 124 Å². The second kappa shape index (κ2) is 9.79. The Kier molecular flexibility index (Phi) is 8.38. The topological polar surface area (TPSA) is 21.3 Å². The molecule has 0 aliphatic carbocycles. The molecule has 0 aliphatic heterocycles. The second-order valence-electron chi connectivity index (χ2n) is 5.16. The van der Waals surface area contributed by atoms with Gasteiger partial charge >= 0.3 is 6.18 Å². The quantitative estimate of drug-likeness (QED) is 0.706. The van der Waals surface area contributed by atoms with E-state index >= 15 is 0 Å². The zero-order chi connectivity index (χ0) is 15.6. The summed E-state index contributed by atoms with van der Waals surface area (Å²) in [6, 6.07) is 10.1. The van der Waals surface area contributed by atoms with Gasteiger partial charge in [0, 0.05) is 6.04 Å². The number of halogens is 3. The van der Waals surface area contributed by atoms with E-state index in [0.717, 1.165) is 32.2 Å². The van der Waals surface area contributed by atoms with E-state index in [1.54, 1.807) is 0 Å². The third kappa shape index (κ3) is 9.47. The van der Waals surface area contributed by atoms with Crippen LogP contribution in [0, 0.1) is 0 Å². The van der Waals surface area contributed by atoms with E-state index in [-0.39, 0.29) is 12.6 Å². The molecule has 2 nitrogen and oxygen atoms in total. The SMILES string of the molecule is CCCNC(CCCc1ccccc1)COCC(F)(F)F. The molecule has 0 spiro atoms. The predicted molar refractivity (Wildman–Crippen MR) is 78.3 cm³/mol. The third-order valence-corrected chi connectivity index (χ3v) is 3.13. The number of aryl methyl sites for hydroxylation is 1. The molecule has 21 heavy (non-hydrogen) atoms. The Morgan fingerprint density at radius 3 is 2.52 bits per heavy atom. The number of hydrogen-bond donors (Lipinski definition) is 1. The molecule has 1 aromatic rings. The van der Waals surface area contributed by atoms with Gasteiger partial charge in [0.2, 0.25) is 0 Å². The number of rotatable bonds is 10. The number of hydrogen-bond acceptors (Lipinski definition) is 2. The summed E-state index contributed by atoms with van der Waals surface area (Å²) >= 11 is 0. The lowest BCUT2D eigenvalue weighted by atomic mass is 10.0. The number of ether oxygens (including phenoxy) is 1. The van der Waals surface area contributed by atoms with Crippen LogP contribution in [0.1, 0.15) is 31.7 Å². The number of nitrogens with one attached hydrogen (secondary N) is 1. The molecule has 1 rings (SSSR count). The van der Waals surface area contributed by atoms with Crippen LogP contribution in [0.5, 0.6) is 0 Å². The fourth-order valence-electron chi connectivity index (χ4n) is 2.11. The van der Waals surface area contributed by atoms with E-state index in [0.29, 0.717) is 0 Å². The van der Waals surface area contributed by atoms with Crippen molar-refractivity contribution in [1.29, 1.82) is 0 Å². The molecular formula is C16H24F3NO. The van der Waals surface area contributed by atoms with Crippen LogP contribution in [-0.2, 0) is 11.2 Å². The van der Waals surface area contributed by atoms with E-state index in [1.807, 2.05) is 25.1 Å². The van der Waals surface area contributed by atoms with Gasteiger partial charge in [0.25, 0.3) is 0 Å². The molecular weight excluding hydrogens is 279 g/mol. The zero-order valence-electron chi connectivity index (χ0n) is 12.5. The molecule has 120 valence electrons. The van der Waals surface area contributed by atoms with Crippen molar-refractivity contribution in [3.63, 3.8) is 0 Å². The smallest absolute Gasteiger partial charge is 0.370 e. The minimum absolute atomic E-state index is 0.0176. The molecule has 5 heteroatoms. The maximum absolute atomic E-state index is 12.1. The zero-order valence-corrected chi connectivity index (χ0v) is 12.5. The largest absolute Gasteiger partial charge is 0.411 e. The third-order valence-electron chi connectivity index (χ3n) is 3.13. The van der Waals surface area contributed by atoms with Gasteiger partial charge in [0.1, 0.15) is 6.61 Å². The van der Waals surface area contributed by atoms with Gasteiger partial charge in [-0.2, -0.15) is 13.2 Å². The number of alkyl halides is 3. The van der Waals surface area contributed by atoms with Crippen LogP contribution in [0.2, 0.25) is 0 Å². The Morgan fingerprint density at radius 2 is 1.90 bits per heavy atom. The first-order valence-corrected chi connectivity index (χ1v) is 7.43. The molecule has 1 atom stereocenters. The maximum atomic E-state index is 12.1. The fourth-order valence-corrected chi connectivity index (χ4v) is 2.11. The van der Waals surface area contributed by atoms with Gasteiger partial charge in [-0.05, 0) is 37.8 Å².